The van der Waals surface area contributed by atoms with E-state index in [1.165, 1.54) is 0 Å². The first-order valence-corrected chi connectivity index (χ1v) is 9.38. The van der Waals surface area contributed by atoms with Crippen LogP contribution in [0.15, 0.2) is 46.9 Å². The highest BCUT2D eigenvalue weighted by atomic mass is 79.9. The van der Waals surface area contributed by atoms with Gasteiger partial charge >= 0.3 is 0 Å². The Hall–Kier alpha value is -2.67. The van der Waals surface area contributed by atoms with Gasteiger partial charge < -0.3 is 4.90 Å². The van der Waals surface area contributed by atoms with E-state index in [2.05, 4.69) is 26.8 Å². The second kappa shape index (κ2) is 7.92. The van der Waals surface area contributed by atoms with E-state index >= 15 is 0 Å². The minimum absolute atomic E-state index is 0.0944. The van der Waals surface area contributed by atoms with Gasteiger partial charge in [0.15, 0.2) is 0 Å². The molecule has 3 rings (SSSR count). The average molecular weight is 430 g/mol. The molecule has 1 atom stereocenters. The SMILES string of the molecule is Cc1ccc(C)c(N2C[C@@H](C(=O)NNC(=O)c3ccc(Br)cc3)CC2=O)c1. The summed E-state index contributed by atoms with van der Waals surface area (Å²) in [6.07, 6.45) is 0.118. The molecule has 0 bridgehead atoms. The van der Waals surface area contributed by atoms with Crippen LogP contribution < -0.4 is 15.8 Å². The van der Waals surface area contributed by atoms with Crippen LogP contribution in [0, 0.1) is 19.8 Å². The van der Waals surface area contributed by atoms with Crippen molar-refractivity contribution in [3.05, 3.63) is 63.6 Å². The Morgan fingerprint density at radius 2 is 1.78 bits per heavy atom. The van der Waals surface area contributed by atoms with Gasteiger partial charge in [-0.2, -0.15) is 0 Å². The molecule has 1 aliphatic rings. The maximum absolute atomic E-state index is 12.4. The number of rotatable bonds is 3. The van der Waals surface area contributed by atoms with Crippen molar-refractivity contribution in [1.29, 1.82) is 0 Å². The largest absolute Gasteiger partial charge is 0.311 e. The van der Waals surface area contributed by atoms with Crippen molar-refractivity contribution in [2.24, 2.45) is 5.92 Å². The molecule has 0 radical (unpaired) electrons. The molecule has 2 N–H and O–H groups in total. The molecule has 0 unspecified atom stereocenters. The Morgan fingerprint density at radius 3 is 2.48 bits per heavy atom. The maximum atomic E-state index is 12.4. The predicted molar refractivity (Wildman–Crippen MR) is 106 cm³/mol. The molecule has 7 heteroatoms. The smallest absolute Gasteiger partial charge is 0.269 e. The number of nitrogens with one attached hydrogen (secondary N) is 2. The molecule has 27 heavy (non-hydrogen) atoms. The summed E-state index contributed by atoms with van der Waals surface area (Å²) >= 11 is 3.30. The normalized spacial score (nSPS) is 16.3. The molecule has 2 aromatic rings. The fraction of sp³-hybridized carbons (Fsp3) is 0.250. The Bertz CT molecular complexity index is 896. The number of carbonyl (C=O) groups excluding carboxylic acids is 3. The first kappa shape index (κ1) is 19.1. The third kappa shape index (κ3) is 4.36. The first-order chi connectivity index (χ1) is 12.8. The number of hydrazine groups is 1. The Balaban J connectivity index is 1.61. The summed E-state index contributed by atoms with van der Waals surface area (Å²) in [6, 6.07) is 12.7. The van der Waals surface area contributed by atoms with E-state index in [0.29, 0.717) is 12.1 Å². The molecular formula is C20H20BrN3O3. The van der Waals surface area contributed by atoms with E-state index < -0.39 is 11.8 Å². The summed E-state index contributed by atoms with van der Waals surface area (Å²) in [5.41, 5.74) is 8.12. The van der Waals surface area contributed by atoms with Gasteiger partial charge in [0.2, 0.25) is 11.8 Å². The van der Waals surface area contributed by atoms with Gasteiger partial charge in [0.05, 0.1) is 5.92 Å². The van der Waals surface area contributed by atoms with Crippen LogP contribution in [0.2, 0.25) is 0 Å². The minimum Gasteiger partial charge on any atom is -0.311 e. The molecule has 3 amide bonds. The molecule has 1 heterocycles. The standard InChI is InChI=1S/C20H20BrN3O3/c1-12-3-4-13(2)17(9-12)24-11-15(10-18(24)25)20(27)23-22-19(26)14-5-7-16(21)8-6-14/h3-9,15H,10-11H2,1-2H3,(H,22,26)(H,23,27)/t15-/m0/s1. The lowest BCUT2D eigenvalue weighted by molar-refractivity contribution is -0.126. The number of aryl methyl sites for hydroxylation is 2. The molecule has 2 aromatic carbocycles. The molecule has 0 saturated carbocycles. The fourth-order valence-corrected chi connectivity index (χ4v) is 3.28. The number of amides is 3. The minimum atomic E-state index is -0.511. The van der Waals surface area contributed by atoms with Crippen LogP contribution in [-0.4, -0.2) is 24.3 Å². The molecule has 0 aromatic heterocycles. The summed E-state index contributed by atoms with van der Waals surface area (Å²) < 4.78 is 0.860. The second-order valence-corrected chi connectivity index (χ2v) is 7.56. The predicted octanol–water partition coefficient (Wildman–Crippen LogP) is 2.88. The molecule has 0 spiro atoms. The van der Waals surface area contributed by atoms with Gasteiger partial charge in [-0.25, -0.2) is 0 Å². The van der Waals surface area contributed by atoms with Crippen molar-refractivity contribution >= 4 is 39.3 Å². The van der Waals surface area contributed by atoms with Gasteiger partial charge in [-0.1, -0.05) is 28.1 Å². The summed E-state index contributed by atoms with van der Waals surface area (Å²) in [7, 11) is 0. The molecule has 0 aliphatic carbocycles. The van der Waals surface area contributed by atoms with Crippen molar-refractivity contribution in [2.45, 2.75) is 20.3 Å². The van der Waals surface area contributed by atoms with E-state index in [4.69, 9.17) is 0 Å². The number of carbonyl (C=O) groups is 3. The van der Waals surface area contributed by atoms with Crippen molar-refractivity contribution in [3.8, 4) is 0 Å². The third-order valence-electron chi connectivity index (χ3n) is 4.56. The van der Waals surface area contributed by atoms with E-state index in [-0.39, 0.29) is 18.2 Å². The van der Waals surface area contributed by atoms with Gasteiger partial charge in [-0.3, -0.25) is 25.2 Å². The highest BCUT2D eigenvalue weighted by molar-refractivity contribution is 9.10. The summed E-state index contributed by atoms with van der Waals surface area (Å²) in [5, 5.41) is 0. The zero-order valence-corrected chi connectivity index (χ0v) is 16.7. The lowest BCUT2D eigenvalue weighted by Gasteiger charge is -2.19. The zero-order chi connectivity index (χ0) is 19.6. The van der Waals surface area contributed by atoms with Gasteiger partial charge in [-0.05, 0) is 55.3 Å². The number of benzene rings is 2. The van der Waals surface area contributed by atoms with Crippen molar-refractivity contribution in [2.75, 3.05) is 11.4 Å². The maximum Gasteiger partial charge on any atom is 0.269 e. The van der Waals surface area contributed by atoms with Gasteiger partial charge in [0.25, 0.3) is 5.91 Å². The number of halogens is 1. The zero-order valence-electron chi connectivity index (χ0n) is 15.1. The molecule has 140 valence electrons. The number of anilines is 1. The highest BCUT2D eigenvalue weighted by Gasteiger charge is 2.35. The Morgan fingerprint density at radius 1 is 1.07 bits per heavy atom. The third-order valence-corrected chi connectivity index (χ3v) is 5.09. The molecule has 6 nitrogen and oxygen atoms in total. The summed E-state index contributed by atoms with van der Waals surface area (Å²) in [5.74, 6) is -1.39. The quantitative estimate of drug-likeness (QED) is 0.736. The van der Waals surface area contributed by atoms with E-state index in [1.54, 1.807) is 29.2 Å². The van der Waals surface area contributed by atoms with Gasteiger partial charge in [-0.15, -0.1) is 0 Å². The lowest BCUT2D eigenvalue weighted by atomic mass is 10.1. The van der Waals surface area contributed by atoms with Crippen LogP contribution in [0.25, 0.3) is 0 Å². The van der Waals surface area contributed by atoms with Crippen molar-refractivity contribution in [3.63, 3.8) is 0 Å². The topological polar surface area (TPSA) is 78.5 Å². The van der Waals surface area contributed by atoms with Crippen LogP contribution in [0.4, 0.5) is 5.69 Å². The Labute approximate surface area is 166 Å². The molecular weight excluding hydrogens is 410 g/mol. The number of hydrogen-bond donors (Lipinski definition) is 2. The van der Waals surface area contributed by atoms with E-state index in [9.17, 15) is 14.4 Å². The van der Waals surface area contributed by atoms with Crippen LogP contribution in [-0.2, 0) is 9.59 Å². The van der Waals surface area contributed by atoms with Crippen LogP contribution in [0.3, 0.4) is 0 Å². The van der Waals surface area contributed by atoms with E-state index in [0.717, 1.165) is 21.3 Å². The van der Waals surface area contributed by atoms with Crippen molar-refractivity contribution in [1.82, 2.24) is 10.9 Å². The van der Waals surface area contributed by atoms with Crippen LogP contribution in [0.1, 0.15) is 27.9 Å². The first-order valence-electron chi connectivity index (χ1n) is 8.58. The fourth-order valence-electron chi connectivity index (χ4n) is 3.02. The highest BCUT2D eigenvalue weighted by Crippen LogP contribution is 2.28. The van der Waals surface area contributed by atoms with Gasteiger partial charge in [0.1, 0.15) is 0 Å². The van der Waals surface area contributed by atoms with Crippen LogP contribution >= 0.6 is 15.9 Å². The molecule has 1 saturated heterocycles. The lowest BCUT2D eigenvalue weighted by Crippen LogP contribution is -2.45. The molecule has 1 fully saturated rings. The van der Waals surface area contributed by atoms with Crippen LogP contribution in [0.5, 0.6) is 0 Å². The monoisotopic (exact) mass is 429 g/mol. The number of nitrogens with zero attached hydrogens (tertiary/aromatic N) is 1. The molecule has 1 aliphatic heterocycles. The van der Waals surface area contributed by atoms with Gasteiger partial charge in [0, 0.05) is 28.7 Å². The Kier molecular flexibility index (Phi) is 5.60. The van der Waals surface area contributed by atoms with Crippen molar-refractivity contribution < 1.29 is 14.4 Å². The average Bonchev–Trinajstić information content (AvgIpc) is 3.03. The second-order valence-electron chi connectivity index (χ2n) is 6.65. The summed E-state index contributed by atoms with van der Waals surface area (Å²) in [6.45, 7) is 4.20. The summed E-state index contributed by atoms with van der Waals surface area (Å²) in [4.78, 5) is 38.5. The van der Waals surface area contributed by atoms with E-state index in [1.807, 2.05) is 32.0 Å². The number of hydrogen-bond acceptors (Lipinski definition) is 3.